The number of rotatable bonds is 4. The van der Waals surface area contributed by atoms with Crippen LogP contribution in [-0.4, -0.2) is 17.8 Å². The average molecular weight is 290 g/mol. The molecule has 1 N–H and O–H groups in total. The summed E-state index contributed by atoms with van der Waals surface area (Å²) in [7, 11) is 0. The second-order valence-electron chi connectivity index (χ2n) is 5.81. The van der Waals surface area contributed by atoms with Crippen LogP contribution >= 0.6 is 0 Å². The van der Waals surface area contributed by atoms with Gasteiger partial charge in [-0.25, -0.2) is 0 Å². The monoisotopic (exact) mass is 290 g/mol. The summed E-state index contributed by atoms with van der Waals surface area (Å²) in [4.78, 5) is 0. The van der Waals surface area contributed by atoms with Crippen LogP contribution in [0.2, 0.25) is 0 Å². The third-order valence-electron chi connectivity index (χ3n) is 3.07. The largest absolute Gasteiger partial charge is 0.416 e. The molecule has 0 spiro atoms. The van der Waals surface area contributed by atoms with E-state index in [4.69, 9.17) is 4.74 Å². The molecule has 1 aromatic carbocycles. The Hall–Kier alpha value is -1.07. The Kier molecular flexibility index (Phi) is 5.21. The fraction of sp³-hybridized carbons (Fsp3) is 0.600. The van der Waals surface area contributed by atoms with Gasteiger partial charge in [-0.05, 0) is 30.0 Å². The highest BCUT2D eigenvalue weighted by Gasteiger charge is 2.34. The summed E-state index contributed by atoms with van der Waals surface area (Å²) < 4.78 is 43.1. The van der Waals surface area contributed by atoms with Crippen LogP contribution < -0.4 is 0 Å². The third-order valence-corrected chi connectivity index (χ3v) is 3.07. The molecule has 0 radical (unpaired) electrons. The minimum Gasteiger partial charge on any atom is -0.386 e. The van der Waals surface area contributed by atoms with Crippen LogP contribution in [0.3, 0.4) is 0 Å². The Bertz CT molecular complexity index is 418. The first-order valence-electron chi connectivity index (χ1n) is 6.54. The zero-order valence-electron chi connectivity index (χ0n) is 12.2. The van der Waals surface area contributed by atoms with Crippen LogP contribution in [0.1, 0.15) is 44.9 Å². The van der Waals surface area contributed by atoms with Gasteiger partial charge in [0.25, 0.3) is 0 Å². The van der Waals surface area contributed by atoms with Gasteiger partial charge in [0.15, 0.2) is 0 Å². The van der Waals surface area contributed by atoms with Crippen LogP contribution in [0, 0.1) is 5.41 Å². The van der Waals surface area contributed by atoms with Crippen LogP contribution in [0.25, 0.3) is 0 Å². The Morgan fingerprint density at radius 3 is 1.95 bits per heavy atom. The summed E-state index contributed by atoms with van der Waals surface area (Å²) in [5, 5.41) is 10.3. The summed E-state index contributed by atoms with van der Waals surface area (Å²) in [6.07, 6.45) is -5.81. The molecule has 0 aliphatic carbocycles. The lowest BCUT2D eigenvalue weighted by atomic mass is 9.83. The minimum absolute atomic E-state index is 0.321. The summed E-state index contributed by atoms with van der Waals surface area (Å²) >= 11 is 0. The molecule has 5 heteroatoms. The zero-order valence-corrected chi connectivity index (χ0v) is 12.2. The number of hydrogen-bond acceptors (Lipinski definition) is 2. The predicted octanol–water partition coefficient (Wildman–Crippen LogP) is 4.19. The molecule has 0 bridgehead atoms. The van der Waals surface area contributed by atoms with Gasteiger partial charge in [-0.1, -0.05) is 32.9 Å². The number of aliphatic hydroxyl groups is 1. The quantitative estimate of drug-likeness (QED) is 0.901. The molecule has 2 unspecified atom stereocenters. The minimum atomic E-state index is -4.37. The number of halogens is 3. The summed E-state index contributed by atoms with van der Waals surface area (Å²) in [5.74, 6) is 0. The van der Waals surface area contributed by atoms with E-state index in [9.17, 15) is 18.3 Å². The van der Waals surface area contributed by atoms with Crippen molar-refractivity contribution in [1.82, 2.24) is 0 Å². The van der Waals surface area contributed by atoms with E-state index in [0.29, 0.717) is 12.2 Å². The molecule has 2 nitrogen and oxygen atoms in total. The Labute approximate surface area is 117 Å². The number of aliphatic hydroxyl groups excluding tert-OH is 1. The van der Waals surface area contributed by atoms with Crippen molar-refractivity contribution in [1.29, 1.82) is 0 Å². The molecule has 20 heavy (non-hydrogen) atoms. The Morgan fingerprint density at radius 2 is 1.60 bits per heavy atom. The van der Waals surface area contributed by atoms with E-state index in [1.54, 1.807) is 0 Å². The summed E-state index contributed by atoms with van der Waals surface area (Å²) in [6.45, 7) is 8.00. The number of hydrogen-bond donors (Lipinski definition) is 1. The van der Waals surface area contributed by atoms with E-state index in [-0.39, 0.29) is 5.41 Å². The highest BCUT2D eigenvalue weighted by atomic mass is 19.4. The van der Waals surface area contributed by atoms with Gasteiger partial charge in [0.1, 0.15) is 6.10 Å². The van der Waals surface area contributed by atoms with Crippen molar-refractivity contribution in [3.05, 3.63) is 35.4 Å². The van der Waals surface area contributed by atoms with Gasteiger partial charge in [0.2, 0.25) is 0 Å². The fourth-order valence-corrected chi connectivity index (χ4v) is 2.04. The molecule has 0 heterocycles. The molecule has 0 saturated heterocycles. The molecule has 0 aliphatic heterocycles. The van der Waals surface area contributed by atoms with Crippen LogP contribution in [0.4, 0.5) is 13.2 Å². The lowest BCUT2D eigenvalue weighted by Gasteiger charge is -2.34. The smallest absolute Gasteiger partial charge is 0.386 e. The molecule has 0 aliphatic rings. The van der Waals surface area contributed by atoms with Gasteiger partial charge in [0.05, 0.1) is 11.7 Å². The summed E-state index contributed by atoms with van der Waals surface area (Å²) in [6, 6.07) is 4.55. The van der Waals surface area contributed by atoms with Crippen molar-refractivity contribution >= 4 is 0 Å². The normalized spacial score (nSPS) is 16.0. The first-order valence-corrected chi connectivity index (χ1v) is 6.54. The van der Waals surface area contributed by atoms with Crippen molar-refractivity contribution in [2.24, 2.45) is 5.41 Å². The van der Waals surface area contributed by atoms with Crippen molar-refractivity contribution in [3.63, 3.8) is 0 Å². The first kappa shape index (κ1) is 17.0. The molecule has 2 atom stereocenters. The number of ether oxygens (including phenoxy) is 1. The second-order valence-corrected chi connectivity index (χ2v) is 5.81. The van der Waals surface area contributed by atoms with Gasteiger partial charge >= 0.3 is 6.18 Å². The Balaban J connectivity index is 2.98. The SMILES string of the molecule is CCOC(C(O)c1ccc(C(F)(F)F)cc1)C(C)(C)C. The molecule has 0 aromatic heterocycles. The van der Waals surface area contributed by atoms with E-state index < -0.39 is 23.9 Å². The molecular weight excluding hydrogens is 269 g/mol. The molecule has 0 amide bonds. The second kappa shape index (κ2) is 6.14. The van der Waals surface area contributed by atoms with Crippen LogP contribution in [-0.2, 0) is 10.9 Å². The van der Waals surface area contributed by atoms with E-state index in [1.807, 2.05) is 27.7 Å². The molecular formula is C15H21F3O2. The van der Waals surface area contributed by atoms with Crippen molar-refractivity contribution in [2.75, 3.05) is 6.61 Å². The van der Waals surface area contributed by atoms with Crippen molar-refractivity contribution < 1.29 is 23.0 Å². The average Bonchev–Trinajstić information content (AvgIpc) is 2.33. The van der Waals surface area contributed by atoms with Gasteiger partial charge in [-0.2, -0.15) is 13.2 Å². The standard InChI is InChI=1S/C15H21F3O2/c1-5-20-13(14(2,3)4)12(19)10-6-8-11(9-7-10)15(16,17)18/h6-9,12-13,19H,5H2,1-4H3. The Morgan fingerprint density at radius 1 is 1.10 bits per heavy atom. The molecule has 0 saturated carbocycles. The highest BCUT2D eigenvalue weighted by Crippen LogP contribution is 2.34. The fourth-order valence-electron chi connectivity index (χ4n) is 2.04. The topological polar surface area (TPSA) is 29.5 Å². The third kappa shape index (κ3) is 4.21. The molecule has 1 rings (SSSR count). The number of benzene rings is 1. The van der Waals surface area contributed by atoms with E-state index in [1.165, 1.54) is 12.1 Å². The summed E-state index contributed by atoms with van der Waals surface area (Å²) in [5.41, 5.74) is -0.624. The maximum absolute atomic E-state index is 12.5. The van der Waals surface area contributed by atoms with Crippen LogP contribution in [0.5, 0.6) is 0 Å². The van der Waals surface area contributed by atoms with E-state index in [2.05, 4.69) is 0 Å². The molecule has 114 valence electrons. The molecule has 0 fully saturated rings. The lowest BCUT2D eigenvalue weighted by molar-refractivity contribution is -0.137. The van der Waals surface area contributed by atoms with Gasteiger partial charge in [0, 0.05) is 6.61 Å². The lowest BCUT2D eigenvalue weighted by Crippen LogP contribution is -2.35. The van der Waals surface area contributed by atoms with Crippen LogP contribution in [0.15, 0.2) is 24.3 Å². The number of alkyl halides is 3. The van der Waals surface area contributed by atoms with Gasteiger partial charge in [-0.15, -0.1) is 0 Å². The van der Waals surface area contributed by atoms with Gasteiger partial charge in [-0.3, -0.25) is 0 Å². The van der Waals surface area contributed by atoms with E-state index in [0.717, 1.165) is 12.1 Å². The van der Waals surface area contributed by atoms with E-state index >= 15 is 0 Å². The van der Waals surface area contributed by atoms with Crippen molar-refractivity contribution in [2.45, 2.75) is 46.1 Å². The maximum Gasteiger partial charge on any atom is 0.416 e. The van der Waals surface area contributed by atoms with Crippen molar-refractivity contribution in [3.8, 4) is 0 Å². The highest BCUT2D eigenvalue weighted by molar-refractivity contribution is 5.26. The molecule has 1 aromatic rings. The zero-order chi connectivity index (χ0) is 15.6. The first-order chi connectivity index (χ1) is 9.07. The maximum atomic E-state index is 12.5. The van der Waals surface area contributed by atoms with Gasteiger partial charge < -0.3 is 9.84 Å². The predicted molar refractivity (Wildman–Crippen MR) is 71.3 cm³/mol.